The fourth-order valence-corrected chi connectivity index (χ4v) is 5.24. The zero-order valence-electron chi connectivity index (χ0n) is 19.5. The third kappa shape index (κ3) is 4.10. The van der Waals surface area contributed by atoms with Gasteiger partial charge in [0.25, 0.3) is 0 Å². The zero-order valence-corrected chi connectivity index (χ0v) is 19.5. The highest BCUT2D eigenvalue weighted by Crippen LogP contribution is 2.39. The Balaban J connectivity index is 1.42. The first-order valence-corrected chi connectivity index (χ1v) is 12.2. The molecule has 1 aliphatic rings. The number of nitrogens with one attached hydrogen (secondary N) is 1. The van der Waals surface area contributed by atoms with Crippen LogP contribution in [0.3, 0.4) is 0 Å². The van der Waals surface area contributed by atoms with Crippen LogP contribution in [-0.2, 0) is 19.4 Å². The summed E-state index contributed by atoms with van der Waals surface area (Å²) in [5, 5.41) is 10.8. The molecule has 6 heteroatoms. The van der Waals surface area contributed by atoms with E-state index in [9.17, 15) is 5.11 Å². The normalized spacial score (nSPS) is 15.3. The second-order valence-corrected chi connectivity index (χ2v) is 9.07. The van der Waals surface area contributed by atoms with E-state index >= 15 is 0 Å². The van der Waals surface area contributed by atoms with Crippen LogP contribution in [0.25, 0.3) is 22.2 Å². The summed E-state index contributed by atoms with van der Waals surface area (Å²) in [5.41, 5.74) is 7.82. The van der Waals surface area contributed by atoms with E-state index in [0.29, 0.717) is 18.9 Å². The molecule has 1 atom stereocenters. The molecule has 2 N–H and O–H groups in total. The third-order valence-corrected chi connectivity index (χ3v) is 6.92. The molecule has 0 aliphatic heterocycles. The number of aliphatic hydroxyl groups excluding tert-OH is 1. The van der Waals surface area contributed by atoms with Gasteiger partial charge in [0.2, 0.25) is 5.88 Å². The number of H-pyrrole nitrogens is 1. The first-order valence-electron chi connectivity index (χ1n) is 12.2. The molecule has 176 valence electrons. The van der Waals surface area contributed by atoms with Gasteiger partial charge in [-0.05, 0) is 36.0 Å². The van der Waals surface area contributed by atoms with E-state index in [1.165, 1.54) is 11.1 Å². The summed E-state index contributed by atoms with van der Waals surface area (Å²) in [4.78, 5) is 12.6. The number of rotatable bonds is 7. The van der Waals surface area contributed by atoms with Crippen LogP contribution >= 0.6 is 0 Å². The number of benzene rings is 2. The highest BCUT2D eigenvalue weighted by Gasteiger charge is 2.26. The van der Waals surface area contributed by atoms with Crippen molar-refractivity contribution in [1.82, 2.24) is 19.5 Å². The third-order valence-electron chi connectivity index (χ3n) is 6.92. The van der Waals surface area contributed by atoms with E-state index in [2.05, 4.69) is 38.8 Å². The fraction of sp³-hybridized carbons (Fsp3) is 0.241. The molecule has 2 aromatic carbocycles. The van der Waals surface area contributed by atoms with E-state index in [4.69, 9.17) is 9.72 Å². The maximum atomic E-state index is 9.77. The number of nitrogens with zero attached hydrogens (tertiary/aromatic N) is 3. The van der Waals surface area contributed by atoms with Crippen LogP contribution in [0.15, 0.2) is 79.4 Å². The Bertz CT molecular complexity index is 1450. The van der Waals surface area contributed by atoms with Crippen molar-refractivity contribution >= 4 is 10.9 Å². The summed E-state index contributed by atoms with van der Waals surface area (Å²) in [5.74, 6) is 0.583. The van der Waals surface area contributed by atoms with Gasteiger partial charge in [0.1, 0.15) is 6.61 Å². The first kappa shape index (κ1) is 21.6. The van der Waals surface area contributed by atoms with E-state index in [1.807, 2.05) is 55.1 Å². The van der Waals surface area contributed by atoms with Crippen molar-refractivity contribution in [2.45, 2.75) is 38.3 Å². The van der Waals surface area contributed by atoms with E-state index in [0.717, 1.165) is 52.7 Å². The molecule has 6 rings (SSSR count). The summed E-state index contributed by atoms with van der Waals surface area (Å²) < 4.78 is 8.33. The second kappa shape index (κ2) is 9.39. The Morgan fingerprint density at radius 2 is 1.91 bits per heavy atom. The van der Waals surface area contributed by atoms with Gasteiger partial charge in [-0.3, -0.25) is 0 Å². The standard InChI is InChI=1S/C29H28N4O2/c34-14-13-25-29(33(19-32-25)27-12-6-10-21-9-4-5-11-22(21)27)24-16-30-26-17-31-28(15-23(24)26)35-18-20-7-2-1-3-8-20/h1-5,7-9,11,15-17,19,27,30,34H,6,10,12-14,18H2. The van der Waals surface area contributed by atoms with Gasteiger partial charge in [-0.1, -0.05) is 54.6 Å². The molecule has 1 aliphatic carbocycles. The summed E-state index contributed by atoms with van der Waals surface area (Å²) in [6, 6.07) is 21.0. The predicted molar refractivity (Wildman–Crippen MR) is 136 cm³/mol. The number of pyridine rings is 1. The Morgan fingerprint density at radius 3 is 2.80 bits per heavy atom. The van der Waals surface area contributed by atoms with Crippen LogP contribution < -0.4 is 4.74 Å². The van der Waals surface area contributed by atoms with Crippen LogP contribution in [0.5, 0.6) is 5.88 Å². The molecule has 35 heavy (non-hydrogen) atoms. The van der Waals surface area contributed by atoms with Gasteiger partial charge in [-0.15, -0.1) is 0 Å². The summed E-state index contributed by atoms with van der Waals surface area (Å²) in [6.07, 6.45) is 9.61. The number of aryl methyl sites for hydroxylation is 1. The molecular formula is C29H28N4O2. The number of aromatic nitrogens is 4. The summed E-state index contributed by atoms with van der Waals surface area (Å²) in [7, 11) is 0. The van der Waals surface area contributed by atoms with Crippen LogP contribution in [0, 0.1) is 0 Å². The molecular weight excluding hydrogens is 436 g/mol. The van der Waals surface area contributed by atoms with Gasteiger partial charge in [0, 0.05) is 36.2 Å². The lowest BCUT2D eigenvalue weighted by molar-refractivity contribution is 0.294. The monoisotopic (exact) mass is 464 g/mol. The molecule has 1 unspecified atom stereocenters. The van der Waals surface area contributed by atoms with Crippen molar-refractivity contribution in [3.05, 3.63) is 102 Å². The zero-order chi connectivity index (χ0) is 23.6. The smallest absolute Gasteiger partial charge is 0.214 e. The van der Waals surface area contributed by atoms with Crippen molar-refractivity contribution in [2.75, 3.05) is 6.61 Å². The molecule has 0 radical (unpaired) electrons. The number of ether oxygens (including phenoxy) is 1. The molecule has 5 aromatic rings. The lowest BCUT2D eigenvalue weighted by Crippen LogP contribution is -2.17. The van der Waals surface area contributed by atoms with Crippen molar-refractivity contribution in [3.63, 3.8) is 0 Å². The molecule has 3 heterocycles. The molecule has 0 fully saturated rings. The van der Waals surface area contributed by atoms with Gasteiger partial charge in [0.15, 0.2) is 0 Å². The topological polar surface area (TPSA) is 76.0 Å². The highest BCUT2D eigenvalue weighted by atomic mass is 16.5. The Kier molecular flexibility index (Phi) is 5.80. The molecule has 3 aromatic heterocycles. The fourth-order valence-electron chi connectivity index (χ4n) is 5.24. The average Bonchev–Trinajstić information content (AvgIpc) is 3.51. The van der Waals surface area contributed by atoms with Crippen LogP contribution in [0.4, 0.5) is 0 Å². The number of aliphatic hydroxyl groups is 1. The minimum absolute atomic E-state index is 0.0562. The Morgan fingerprint density at radius 1 is 1.06 bits per heavy atom. The Hall–Kier alpha value is -3.90. The van der Waals surface area contributed by atoms with Crippen LogP contribution in [0.2, 0.25) is 0 Å². The number of fused-ring (bicyclic) bond motifs is 2. The highest BCUT2D eigenvalue weighted by molar-refractivity contribution is 5.95. The average molecular weight is 465 g/mol. The summed E-state index contributed by atoms with van der Waals surface area (Å²) in [6.45, 7) is 0.520. The quantitative estimate of drug-likeness (QED) is 0.335. The van der Waals surface area contributed by atoms with Gasteiger partial charge >= 0.3 is 0 Å². The van der Waals surface area contributed by atoms with Crippen molar-refractivity contribution in [3.8, 4) is 17.1 Å². The maximum Gasteiger partial charge on any atom is 0.214 e. The van der Waals surface area contributed by atoms with Gasteiger partial charge in [-0.2, -0.15) is 0 Å². The van der Waals surface area contributed by atoms with E-state index in [-0.39, 0.29) is 12.6 Å². The van der Waals surface area contributed by atoms with Crippen LogP contribution in [0.1, 0.15) is 41.3 Å². The lowest BCUT2D eigenvalue weighted by atomic mass is 9.87. The van der Waals surface area contributed by atoms with Gasteiger partial charge < -0.3 is 19.4 Å². The summed E-state index contributed by atoms with van der Waals surface area (Å²) >= 11 is 0. The number of hydrogen-bond donors (Lipinski definition) is 2. The molecule has 0 spiro atoms. The second-order valence-electron chi connectivity index (χ2n) is 9.07. The van der Waals surface area contributed by atoms with E-state index in [1.54, 1.807) is 0 Å². The number of hydrogen-bond acceptors (Lipinski definition) is 4. The molecule has 0 bridgehead atoms. The van der Waals surface area contributed by atoms with Crippen molar-refractivity contribution in [1.29, 1.82) is 0 Å². The number of aromatic amines is 1. The van der Waals surface area contributed by atoms with Gasteiger partial charge in [-0.25, -0.2) is 9.97 Å². The molecule has 0 saturated heterocycles. The van der Waals surface area contributed by atoms with Crippen LogP contribution in [-0.4, -0.2) is 31.2 Å². The minimum atomic E-state index is 0.0562. The van der Waals surface area contributed by atoms with E-state index < -0.39 is 0 Å². The minimum Gasteiger partial charge on any atom is -0.473 e. The molecule has 0 amide bonds. The number of imidazole rings is 1. The molecule has 0 saturated carbocycles. The van der Waals surface area contributed by atoms with Crippen molar-refractivity contribution in [2.24, 2.45) is 0 Å². The first-order chi connectivity index (χ1) is 17.3. The predicted octanol–water partition coefficient (Wildman–Crippen LogP) is 5.47. The SMILES string of the molecule is OCCc1ncn(C2CCCc3ccccc32)c1-c1c[nH]c2cnc(OCc3ccccc3)cc12. The molecule has 6 nitrogen and oxygen atoms in total. The lowest BCUT2D eigenvalue weighted by Gasteiger charge is -2.28. The Labute approximate surface area is 204 Å². The largest absolute Gasteiger partial charge is 0.473 e. The maximum absolute atomic E-state index is 9.77. The van der Waals surface area contributed by atoms with Gasteiger partial charge in [0.05, 0.1) is 35.5 Å². The van der Waals surface area contributed by atoms with Crippen molar-refractivity contribution < 1.29 is 9.84 Å².